The highest BCUT2D eigenvalue weighted by molar-refractivity contribution is 5.97. The van der Waals surface area contributed by atoms with Crippen LogP contribution in [0.5, 0.6) is 5.75 Å². The number of ether oxygens (including phenoxy) is 1. The minimum atomic E-state index is -0.633. The Kier molecular flexibility index (Phi) is 6.97. The van der Waals surface area contributed by atoms with Crippen molar-refractivity contribution < 1.29 is 9.53 Å². The second-order valence-electron chi connectivity index (χ2n) is 7.66. The van der Waals surface area contributed by atoms with E-state index < -0.39 is 17.2 Å². The number of hydrogen-bond donors (Lipinski definition) is 2. The molecule has 0 bridgehead atoms. The van der Waals surface area contributed by atoms with E-state index >= 15 is 0 Å². The van der Waals surface area contributed by atoms with Crippen LogP contribution in [0, 0.1) is 5.92 Å². The molecule has 1 aromatic carbocycles. The highest BCUT2D eigenvalue weighted by Crippen LogP contribution is 2.29. The molecule has 0 aliphatic carbocycles. The molecular formula is C22H30N4O4. The monoisotopic (exact) mass is 414 g/mol. The van der Waals surface area contributed by atoms with Gasteiger partial charge in [-0.1, -0.05) is 44.9 Å². The number of hydrogen-bond acceptors (Lipinski definition) is 5. The molecule has 0 saturated heterocycles. The van der Waals surface area contributed by atoms with Crippen LogP contribution in [0.3, 0.4) is 0 Å². The molecule has 0 spiro atoms. The summed E-state index contributed by atoms with van der Waals surface area (Å²) in [6.45, 7) is 5.00. The topological polar surface area (TPSA) is 110 Å². The lowest BCUT2D eigenvalue weighted by molar-refractivity contribution is -0.123. The maximum Gasteiger partial charge on any atom is 0.330 e. The minimum absolute atomic E-state index is 0.0405. The van der Waals surface area contributed by atoms with E-state index in [0.29, 0.717) is 25.9 Å². The lowest BCUT2D eigenvalue weighted by atomic mass is 9.95. The van der Waals surface area contributed by atoms with Crippen LogP contribution < -0.4 is 26.6 Å². The first-order chi connectivity index (χ1) is 14.5. The molecule has 0 saturated carbocycles. The number of unbranched alkanes of at least 4 members (excludes halogenated alkanes) is 2. The number of fused-ring (bicyclic) bond motifs is 1. The third-order valence-corrected chi connectivity index (χ3v) is 5.45. The summed E-state index contributed by atoms with van der Waals surface area (Å²) in [5.74, 6) is 0.188. The van der Waals surface area contributed by atoms with Crippen LogP contribution in [0.1, 0.15) is 45.1 Å². The number of carbonyl (C=O) groups is 1. The van der Waals surface area contributed by atoms with Crippen LogP contribution in [0.4, 0.5) is 11.5 Å². The van der Waals surface area contributed by atoms with Gasteiger partial charge in [0.25, 0.3) is 5.56 Å². The van der Waals surface area contributed by atoms with Gasteiger partial charge in [-0.3, -0.25) is 19.1 Å². The number of anilines is 2. The molecule has 3 N–H and O–H groups in total. The van der Waals surface area contributed by atoms with Crippen molar-refractivity contribution in [2.24, 2.45) is 5.92 Å². The average molecular weight is 415 g/mol. The molecule has 1 amide bonds. The van der Waals surface area contributed by atoms with E-state index in [-0.39, 0.29) is 24.0 Å². The number of nitrogens with two attached hydrogens (primary N) is 1. The smallest absolute Gasteiger partial charge is 0.330 e. The van der Waals surface area contributed by atoms with E-state index in [2.05, 4.69) is 4.98 Å². The number of nitrogen functional groups attached to an aromatic ring is 1. The van der Waals surface area contributed by atoms with Gasteiger partial charge in [0.05, 0.1) is 5.92 Å². The first-order valence-electron chi connectivity index (χ1n) is 10.6. The van der Waals surface area contributed by atoms with E-state index in [1.54, 1.807) is 0 Å². The van der Waals surface area contributed by atoms with E-state index in [1.165, 1.54) is 9.47 Å². The van der Waals surface area contributed by atoms with Crippen LogP contribution >= 0.6 is 0 Å². The molecule has 2 heterocycles. The summed E-state index contributed by atoms with van der Waals surface area (Å²) >= 11 is 0. The van der Waals surface area contributed by atoms with E-state index in [0.717, 1.165) is 30.6 Å². The van der Waals surface area contributed by atoms with Crippen molar-refractivity contribution in [3.05, 3.63) is 50.7 Å². The molecule has 1 atom stereocenters. The van der Waals surface area contributed by atoms with Crippen molar-refractivity contribution in [3.63, 3.8) is 0 Å². The first-order valence-corrected chi connectivity index (χ1v) is 10.6. The molecule has 1 aromatic heterocycles. The molecule has 8 nitrogen and oxygen atoms in total. The van der Waals surface area contributed by atoms with Gasteiger partial charge in [0.15, 0.2) is 5.69 Å². The summed E-state index contributed by atoms with van der Waals surface area (Å²) in [5, 5.41) is 0. The number of benzene rings is 1. The van der Waals surface area contributed by atoms with Crippen LogP contribution in [-0.4, -0.2) is 28.6 Å². The zero-order valence-corrected chi connectivity index (χ0v) is 17.6. The molecule has 0 radical (unpaired) electrons. The Morgan fingerprint density at radius 1 is 1.23 bits per heavy atom. The first kappa shape index (κ1) is 21.7. The van der Waals surface area contributed by atoms with Crippen molar-refractivity contribution in [1.82, 2.24) is 9.55 Å². The van der Waals surface area contributed by atoms with Crippen molar-refractivity contribution >= 4 is 17.4 Å². The highest BCUT2D eigenvalue weighted by Gasteiger charge is 2.32. The number of aromatic amines is 1. The lowest BCUT2D eigenvalue weighted by Crippen LogP contribution is -2.46. The van der Waals surface area contributed by atoms with Gasteiger partial charge in [-0.15, -0.1) is 0 Å². The second kappa shape index (κ2) is 9.65. The van der Waals surface area contributed by atoms with Crippen LogP contribution in [0.2, 0.25) is 0 Å². The zero-order valence-electron chi connectivity index (χ0n) is 17.6. The predicted octanol–water partition coefficient (Wildman–Crippen LogP) is 2.30. The van der Waals surface area contributed by atoms with Crippen LogP contribution in [-0.2, 0) is 17.8 Å². The highest BCUT2D eigenvalue weighted by atomic mass is 16.5. The van der Waals surface area contributed by atoms with Crippen molar-refractivity contribution in [1.29, 1.82) is 0 Å². The quantitative estimate of drug-likeness (QED) is 0.689. The number of aromatic nitrogens is 2. The predicted molar refractivity (Wildman–Crippen MR) is 117 cm³/mol. The number of nitrogens with one attached hydrogen (secondary N) is 1. The summed E-state index contributed by atoms with van der Waals surface area (Å²) in [6, 6.07) is 7.64. The Labute approximate surface area is 175 Å². The summed E-state index contributed by atoms with van der Waals surface area (Å²) < 4.78 is 7.13. The maximum absolute atomic E-state index is 13.5. The molecule has 30 heavy (non-hydrogen) atoms. The fourth-order valence-electron chi connectivity index (χ4n) is 3.73. The lowest BCUT2D eigenvalue weighted by Gasteiger charge is -2.31. The summed E-state index contributed by atoms with van der Waals surface area (Å²) in [4.78, 5) is 42.2. The largest absolute Gasteiger partial charge is 0.492 e. The molecule has 1 aliphatic heterocycles. The number of nitrogens with zero attached hydrogens (tertiary/aromatic N) is 2. The molecular weight excluding hydrogens is 384 g/mol. The minimum Gasteiger partial charge on any atom is -0.492 e. The molecule has 162 valence electrons. The van der Waals surface area contributed by atoms with E-state index in [1.807, 2.05) is 38.1 Å². The molecule has 0 fully saturated rings. The van der Waals surface area contributed by atoms with Gasteiger partial charge in [-0.25, -0.2) is 4.79 Å². The number of carbonyl (C=O) groups excluding carboxylic acids is 1. The number of H-pyrrole nitrogens is 1. The van der Waals surface area contributed by atoms with Crippen LogP contribution in [0.25, 0.3) is 0 Å². The fraction of sp³-hybridized carbons (Fsp3) is 0.500. The zero-order chi connectivity index (χ0) is 21.7. The summed E-state index contributed by atoms with van der Waals surface area (Å²) in [5.41, 5.74) is 6.10. The van der Waals surface area contributed by atoms with Gasteiger partial charge in [0.2, 0.25) is 5.91 Å². The Morgan fingerprint density at radius 2 is 1.97 bits per heavy atom. The molecule has 2 aromatic rings. The van der Waals surface area contributed by atoms with Gasteiger partial charge in [0.1, 0.15) is 18.2 Å². The molecule has 8 heteroatoms. The average Bonchev–Trinajstić information content (AvgIpc) is 2.75. The Balaban J connectivity index is 1.98. The number of rotatable bonds is 8. The summed E-state index contributed by atoms with van der Waals surface area (Å²) in [6.07, 6.45) is 3.71. The van der Waals surface area contributed by atoms with Gasteiger partial charge in [-0.2, -0.15) is 0 Å². The van der Waals surface area contributed by atoms with E-state index in [9.17, 15) is 14.4 Å². The maximum atomic E-state index is 13.5. The Morgan fingerprint density at radius 3 is 2.70 bits per heavy atom. The second-order valence-corrected chi connectivity index (χ2v) is 7.66. The van der Waals surface area contributed by atoms with Gasteiger partial charge in [0, 0.05) is 13.1 Å². The Bertz CT molecular complexity index is 1010. The standard InChI is InChI=1S/C22H30N4O4/c1-3-5-11-25(18-19(23)26(12-6-4-2)22(29)24-20(18)27)21(28)16-13-15-9-7-8-10-17(15)30-14-16/h7-10,16H,3-6,11-14,23H2,1-2H3,(H,24,27,29). The van der Waals surface area contributed by atoms with Crippen LogP contribution in [0.15, 0.2) is 33.9 Å². The molecule has 1 aliphatic rings. The summed E-state index contributed by atoms with van der Waals surface area (Å²) in [7, 11) is 0. The van der Waals surface area contributed by atoms with E-state index in [4.69, 9.17) is 10.5 Å². The van der Waals surface area contributed by atoms with Gasteiger partial charge in [-0.05, 0) is 30.9 Å². The third kappa shape index (κ3) is 4.42. The van der Waals surface area contributed by atoms with Gasteiger partial charge >= 0.3 is 5.69 Å². The third-order valence-electron chi connectivity index (χ3n) is 5.45. The fourth-order valence-corrected chi connectivity index (χ4v) is 3.73. The Hall–Kier alpha value is -3.03. The van der Waals surface area contributed by atoms with Crippen molar-refractivity contribution in [2.45, 2.75) is 52.5 Å². The molecule has 1 unspecified atom stereocenters. The number of amides is 1. The molecule has 3 rings (SSSR count). The van der Waals surface area contributed by atoms with Crippen molar-refractivity contribution in [2.75, 3.05) is 23.8 Å². The normalized spacial score (nSPS) is 15.3. The SMILES string of the molecule is CCCCN(C(=O)C1COc2ccccc2C1)c1c(N)n(CCCC)c(=O)[nH]c1=O. The number of para-hydroxylation sites is 1. The van der Waals surface area contributed by atoms with Gasteiger partial charge < -0.3 is 15.4 Å². The van der Waals surface area contributed by atoms with Crippen molar-refractivity contribution in [3.8, 4) is 5.75 Å².